The summed E-state index contributed by atoms with van der Waals surface area (Å²) in [5, 5.41) is 5.21. The van der Waals surface area contributed by atoms with Gasteiger partial charge in [-0.25, -0.2) is 4.79 Å². The standard InChI is InChI=1S/C15H15ClN2O5S/c1-9-6-10(2)18(17-9)23-7-13-11(8-24(20)21)4-5-12(14(13)16)15(19)22-3/h4-6,8H,7H2,1-3H3. The number of nitrogens with zero attached hydrogens (tertiary/aromatic N) is 2. The van der Waals surface area contributed by atoms with E-state index in [2.05, 4.69) is 9.84 Å². The van der Waals surface area contributed by atoms with Crippen LogP contribution in [-0.2, 0) is 21.6 Å². The average molecular weight is 371 g/mol. The van der Waals surface area contributed by atoms with Gasteiger partial charge in [-0.2, -0.15) is 8.42 Å². The summed E-state index contributed by atoms with van der Waals surface area (Å²) in [4.78, 5) is 18.6. The van der Waals surface area contributed by atoms with E-state index in [0.717, 1.165) is 16.8 Å². The van der Waals surface area contributed by atoms with Crippen LogP contribution in [0, 0.1) is 13.8 Å². The van der Waals surface area contributed by atoms with Crippen molar-refractivity contribution in [2.24, 2.45) is 0 Å². The predicted octanol–water partition coefficient (Wildman–Crippen LogP) is 1.60. The number of carbonyl (C=O) groups excluding carboxylic acids is 1. The highest BCUT2D eigenvalue weighted by molar-refractivity contribution is 7.71. The molecule has 128 valence electrons. The Kier molecular flexibility index (Phi) is 5.63. The minimum Gasteiger partial charge on any atom is -0.465 e. The summed E-state index contributed by atoms with van der Waals surface area (Å²) in [7, 11) is -1.20. The second-order valence-electron chi connectivity index (χ2n) is 4.94. The Morgan fingerprint density at radius 1 is 1.38 bits per heavy atom. The first-order valence-corrected chi connectivity index (χ1v) is 8.34. The van der Waals surface area contributed by atoms with Crippen LogP contribution >= 0.6 is 11.6 Å². The van der Waals surface area contributed by atoms with Gasteiger partial charge in [0.2, 0.25) is 10.3 Å². The van der Waals surface area contributed by atoms with Gasteiger partial charge >= 0.3 is 5.97 Å². The second kappa shape index (κ2) is 7.50. The smallest absolute Gasteiger partial charge is 0.339 e. The second-order valence-corrected chi connectivity index (χ2v) is 6.07. The maximum absolute atomic E-state index is 11.8. The molecular weight excluding hydrogens is 356 g/mol. The third-order valence-electron chi connectivity index (χ3n) is 3.21. The molecule has 0 amide bonds. The fourth-order valence-corrected chi connectivity index (χ4v) is 2.86. The van der Waals surface area contributed by atoms with E-state index in [-0.39, 0.29) is 17.2 Å². The van der Waals surface area contributed by atoms with Crippen molar-refractivity contribution in [2.75, 3.05) is 7.11 Å². The molecular formula is C15H15ClN2O5S. The van der Waals surface area contributed by atoms with Gasteiger partial charge in [-0.05, 0) is 31.5 Å². The molecule has 0 aliphatic carbocycles. The van der Waals surface area contributed by atoms with E-state index in [1.807, 2.05) is 19.9 Å². The number of methoxy groups -OCH3 is 1. The van der Waals surface area contributed by atoms with Crippen molar-refractivity contribution < 1.29 is 22.8 Å². The molecule has 1 heterocycles. The molecule has 1 aromatic heterocycles. The van der Waals surface area contributed by atoms with Crippen LogP contribution in [0.4, 0.5) is 0 Å². The lowest BCUT2D eigenvalue weighted by Crippen LogP contribution is -2.16. The molecule has 0 unspecified atom stereocenters. The van der Waals surface area contributed by atoms with Crippen LogP contribution in [0.3, 0.4) is 0 Å². The normalized spacial score (nSPS) is 10.3. The number of aryl methyl sites for hydroxylation is 2. The van der Waals surface area contributed by atoms with Crippen LogP contribution in [0.5, 0.6) is 0 Å². The molecule has 0 radical (unpaired) electrons. The molecule has 0 bridgehead atoms. The van der Waals surface area contributed by atoms with Crippen LogP contribution in [0.2, 0.25) is 5.02 Å². The number of benzene rings is 1. The molecule has 0 atom stereocenters. The Morgan fingerprint density at radius 3 is 2.62 bits per heavy atom. The van der Waals surface area contributed by atoms with Crippen LogP contribution in [0.25, 0.3) is 0 Å². The zero-order valence-corrected chi connectivity index (χ0v) is 14.8. The summed E-state index contributed by atoms with van der Waals surface area (Å²) in [6, 6.07) is 4.69. The quantitative estimate of drug-likeness (QED) is 0.586. The lowest BCUT2D eigenvalue weighted by atomic mass is 10.1. The largest absolute Gasteiger partial charge is 0.465 e. The molecule has 9 heteroatoms. The zero-order chi connectivity index (χ0) is 17.9. The molecule has 2 aromatic rings. The lowest BCUT2D eigenvalue weighted by molar-refractivity contribution is 0.0596. The lowest BCUT2D eigenvalue weighted by Gasteiger charge is -2.13. The van der Waals surface area contributed by atoms with Crippen LogP contribution in [0.1, 0.15) is 32.9 Å². The van der Waals surface area contributed by atoms with Gasteiger partial charge in [0.1, 0.15) is 6.61 Å². The number of ether oxygens (including phenoxy) is 1. The summed E-state index contributed by atoms with van der Waals surface area (Å²) in [6.07, 6.45) is 0. The van der Waals surface area contributed by atoms with Gasteiger partial charge in [-0.15, -0.1) is 9.94 Å². The first-order valence-electron chi connectivity index (χ1n) is 6.82. The van der Waals surface area contributed by atoms with Gasteiger partial charge in [0.25, 0.3) is 0 Å². The molecule has 7 nitrogen and oxygen atoms in total. The van der Waals surface area contributed by atoms with Gasteiger partial charge in [0, 0.05) is 5.56 Å². The Bertz CT molecular complexity index is 910. The van der Waals surface area contributed by atoms with E-state index in [9.17, 15) is 13.2 Å². The van der Waals surface area contributed by atoms with Crippen LogP contribution < -0.4 is 4.84 Å². The predicted molar refractivity (Wildman–Crippen MR) is 88.9 cm³/mol. The number of esters is 1. The number of rotatable bonds is 5. The summed E-state index contributed by atoms with van der Waals surface area (Å²) < 4.78 is 26.6. The summed E-state index contributed by atoms with van der Waals surface area (Å²) in [5.74, 6) is -0.623. The summed E-state index contributed by atoms with van der Waals surface area (Å²) >= 11 is 6.25. The highest BCUT2D eigenvalue weighted by Crippen LogP contribution is 2.25. The number of carbonyl (C=O) groups is 1. The van der Waals surface area contributed by atoms with Crippen molar-refractivity contribution in [3.63, 3.8) is 0 Å². The highest BCUT2D eigenvalue weighted by atomic mass is 35.5. The molecule has 1 aromatic carbocycles. The fourth-order valence-electron chi connectivity index (χ4n) is 2.13. The first-order chi connectivity index (χ1) is 11.3. The van der Waals surface area contributed by atoms with Crippen LogP contribution in [0.15, 0.2) is 18.2 Å². The van der Waals surface area contributed by atoms with Crippen molar-refractivity contribution in [3.05, 3.63) is 51.3 Å². The number of halogens is 1. The molecule has 24 heavy (non-hydrogen) atoms. The van der Waals surface area contributed by atoms with E-state index in [0.29, 0.717) is 11.1 Å². The first kappa shape index (κ1) is 18.0. The summed E-state index contributed by atoms with van der Waals surface area (Å²) in [5.41, 5.74) is 2.33. The highest BCUT2D eigenvalue weighted by Gasteiger charge is 2.18. The van der Waals surface area contributed by atoms with Crippen LogP contribution in [-0.4, -0.2) is 36.8 Å². The molecule has 0 N–H and O–H groups in total. The monoisotopic (exact) mass is 370 g/mol. The zero-order valence-electron chi connectivity index (χ0n) is 13.2. The number of hydrogen-bond donors (Lipinski definition) is 0. The van der Waals surface area contributed by atoms with E-state index >= 15 is 0 Å². The van der Waals surface area contributed by atoms with Gasteiger partial charge < -0.3 is 9.57 Å². The number of aromatic nitrogens is 2. The molecule has 0 spiro atoms. The average Bonchev–Trinajstić information content (AvgIpc) is 2.83. The van der Waals surface area contributed by atoms with Gasteiger partial charge in [0.05, 0.1) is 34.5 Å². The van der Waals surface area contributed by atoms with E-state index < -0.39 is 16.3 Å². The maximum atomic E-state index is 11.8. The van der Waals surface area contributed by atoms with Crippen molar-refractivity contribution in [2.45, 2.75) is 20.5 Å². The molecule has 0 saturated carbocycles. The molecule has 0 aliphatic heterocycles. The molecule has 0 fully saturated rings. The Labute approximate surface area is 145 Å². The topological polar surface area (TPSA) is 87.5 Å². The SMILES string of the molecule is COC(=O)c1ccc(C=S(=O)=O)c(COn2nc(C)cc2C)c1Cl. The molecule has 2 rings (SSSR count). The molecule has 0 saturated heterocycles. The minimum absolute atomic E-state index is 0.0718. The Balaban J connectivity index is 2.45. The van der Waals surface area contributed by atoms with Crippen molar-refractivity contribution >= 4 is 33.2 Å². The van der Waals surface area contributed by atoms with Gasteiger partial charge in [0.15, 0.2) is 0 Å². The summed E-state index contributed by atoms with van der Waals surface area (Å²) in [6.45, 7) is 3.55. The Morgan fingerprint density at radius 2 is 2.08 bits per heavy atom. The van der Waals surface area contributed by atoms with Crippen molar-refractivity contribution in [1.82, 2.24) is 9.94 Å². The van der Waals surface area contributed by atoms with E-state index in [4.69, 9.17) is 16.4 Å². The van der Waals surface area contributed by atoms with E-state index in [1.54, 1.807) is 0 Å². The van der Waals surface area contributed by atoms with Gasteiger partial charge in [-0.3, -0.25) is 0 Å². The van der Waals surface area contributed by atoms with Crippen molar-refractivity contribution in [3.8, 4) is 0 Å². The minimum atomic E-state index is -2.43. The molecule has 0 aliphatic rings. The Hall–Kier alpha value is -2.32. The maximum Gasteiger partial charge on any atom is 0.339 e. The van der Waals surface area contributed by atoms with E-state index in [1.165, 1.54) is 24.1 Å². The fraction of sp³-hybridized carbons (Fsp3) is 0.267. The van der Waals surface area contributed by atoms with Crippen molar-refractivity contribution in [1.29, 1.82) is 0 Å². The third-order valence-corrected chi connectivity index (χ3v) is 4.09. The third kappa shape index (κ3) is 3.95. The van der Waals surface area contributed by atoms with Gasteiger partial charge in [-0.1, -0.05) is 17.7 Å². The number of hydrogen-bond acceptors (Lipinski definition) is 6.